The molecule has 0 aromatic heterocycles. The first-order valence-corrected chi connectivity index (χ1v) is 9.43. The van der Waals surface area contributed by atoms with Gasteiger partial charge < -0.3 is 15.8 Å². The zero-order chi connectivity index (χ0) is 19.9. The van der Waals surface area contributed by atoms with Gasteiger partial charge in [-0.3, -0.25) is 4.79 Å². The summed E-state index contributed by atoms with van der Waals surface area (Å²) in [6.07, 6.45) is 4.30. The molecule has 1 aliphatic heterocycles. The Labute approximate surface area is 161 Å². The molecule has 1 atom stereocenters. The van der Waals surface area contributed by atoms with E-state index >= 15 is 0 Å². The first kappa shape index (κ1) is 20.7. The third kappa shape index (κ3) is 5.42. The van der Waals surface area contributed by atoms with Crippen molar-refractivity contribution in [2.75, 3.05) is 7.11 Å². The molecule has 1 aliphatic rings. The molecule has 6 heteroatoms. The largest absolute Gasteiger partial charge is 0.468 e. The summed E-state index contributed by atoms with van der Waals surface area (Å²) in [5.74, 6) is 0.427. The second kappa shape index (κ2) is 9.35. The van der Waals surface area contributed by atoms with Gasteiger partial charge in [-0.05, 0) is 38.7 Å². The number of hydrogen-bond donors (Lipinski definition) is 2. The Morgan fingerprint density at radius 2 is 2.00 bits per heavy atom. The zero-order valence-corrected chi connectivity index (χ0v) is 16.7. The molecule has 1 unspecified atom stereocenters. The van der Waals surface area contributed by atoms with Gasteiger partial charge in [0.1, 0.15) is 0 Å². The standard InChI is InChI=1S/C21H30N4O2/c1-5-6-14-21(3)18(15(2)26)17(13-12-16-10-8-7-9-11-16)23-20(25-21)24-19(22)27-4/h7-11H,5-6,12-14H2,1-4H3,(H3,22,23,24,25). The lowest BCUT2D eigenvalue weighted by Gasteiger charge is -2.34. The molecular formula is C21H30N4O2. The predicted octanol–water partition coefficient (Wildman–Crippen LogP) is 3.33. The van der Waals surface area contributed by atoms with E-state index in [4.69, 9.17) is 15.5 Å². The fourth-order valence-electron chi connectivity index (χ4n) is 3.44. The molecule has 0 bridgehead atoms. The lowest BCUT2D eigenvalue weighted by molar-refractivity contribution is -0.114. The number of ketones is 1. The van der Waals surface area contributed by atoms with Crippen molar-refractivity contribution in [1.29, 1.82) is 0 Å². The molecule has 3 N–H and O–H groups in total. The summed E-state index contributed by atoms with van der Waals surface area (Å²) >= 11 is 0. The monoisotopic (exact) mass is 370 g/mol. The van der Waals surface area contributed by atoms with Crippen molar-refractivity contribution in [1.82, 2.24) is 5.32 Å². The van der Waals surface area contributed by atoms with Crippen molar-refractivity contribution in [3.8, 4) is 0 Å². The number of unbranched alkanes of at least 4 members (excludes halogenated alkanes) is 1. The second-order valence-corrected chi connectivity index (χ2v) is 6.99. The SMILES string of the molecule is CCCCC1(C)N=C(/N=C(/N)OC)NC(CCc2ccccc2)=C1C(C)=O. The molecule has 0 fully saturated rings. The third-order valence-electron chi connectivity index (χ3n) is 4.76. The van der Waals surface area contributed by atoms with Crippen molar-refractivity contribution < 1.29 is 9.53 Å². The van der Waals surface area contributed by atoms with Crippen LogP contribution in [0.15, 0.2) is 51.6 Å². The number of methoxy groups -OCH3 is 1. The number of rotatable bonds is 7. The summed E-state index contributed by atoms with van der Waals surface area (Å²) in [4.78, 5) is 21.5. The Morgan fingerprint density at radius 3 is 2.59 bits per heavy atom. The van der Waals surface area contributed by atoms with E-state index in [2.05, 4.69) is 29.4 Å². The number of hydrogen-bond acceptors (Lipinski definition) is 5. The van der Waals surface area contributed by atoms with Crippen molar-refractivity contribution in [3.05, 3.63) is 47.2 Å². The van der Waals surface area contributed by atoms with Crippen molar-refractivity contribution in [3.63, 3.8) is 0 Å². The molecule has 1 heterocycles. The number of ether oxygens (including phenoxy) is 1. The average molecular weight is 370 g/mol. The predicted molar refractivity (Wildman–Crippen MR) is 110 cm³/mol. The molecular weight excluding hydrogens is 340 g/mol. The van der Waals surface area contributed by atoms with E-state index in [1.165, 1.54) is 12.7 Å². The number of nitrogens with zero attached hydrogens (tertiary/aromatic N) is 2. The van der Waals surface area contributed by atoms with Gasteiger partial charge in [-0.2, -0.15) is 4.99 Å². The van der Waals surface area contributed by atoms with Crippen LogP contribution in [0.25, 0.3) is 0 Å². The van der Waals surface area contributed by atoms with Crippen molar-refractivity contribution in [2.45, 2.75) is 58.4 Å². The molecule has 0 amide bonds. The van der Waals surface area contributed by atoms with Crippen LogP contribution in [-0.4, -0.2) is 30.4 Å². The first-order chi connectivity index (χ1) is 12.9. The molecule has 0 aliphatic carbocycles. The van der Waals surface area contributed by atoms with E-state index in [-0.39, 0.29) is 11.8 Å². The summed E-state index contributed by atoms with van der Waals surface area (Å²) < 4.78 is 4.96. The number of guanidine groups is 1. The fraction of sp³-hybridized carbons (Fsp3) is 0.476. The summed E-state index contributed by atoms with van der Waals surface area (Å²) in [7, 11) is 1.46. The van der Waals surface area contributed by atoms with Crippen LogP contribution >= 0.6 is 0 Å². The van der Waals surface area contributed by atoms with Gasteiger partial charge in [0.2, 0.25) is 5.96 Å². The third-order valence-corrected chi connectivity index (χ3v) is 4.76. The van der Waals surface area contributed by atoms with Crippen LogP contribution in [0.2, 0.25) is 0 Å². The lowest BCUT2D eigenvalue weighted by Crippen LogP contribution is -2.42. The summed E-state index contributed by atoms with van der Waals surface area (Å²) in [6, 6.07) is 10.2. The van der Waals surface area contributed by atoms with Crippen LogP contribution in [0.3, 0.4) is 0 Å². The van der Waals surface area contributed by atoms with E-state index in [1.54, 1.807) is 6.92 Å². The maximum Gasteiger partial charge on any atom is 0.289 e. The quantitative estimate of drug-likeness (QED) is 0.569. The van der Waals surface area contributed by atoms with Gasteiger partial charge in [-0.1, -0.05) is 50.1 Å². The van der Waals surface area contributed by atoms with E-state index in [0.29, 0.717) is 12.4 Å². The normalized spacial score (nSPS) is 20.1. The molecule has 2 rings (SSSR count). The number of Topliss-reactive ketones (excluding diaryl/α,β-unsaturated/α-hetero) is 1. The smallest absolute Gasteiger partial charge is 0.289 e. The van der Waals surface area contributed by atoms with Gasteiger partial charge in [0.05, 0.1) is 12.6 Å². The molecule has 0 radical (unpaired) electrons. The van der Waals surface area contributed by atoms with Gasteiger partial charge >= 0.3 is 0 Å². The van der Waals surface area contributed by atoms with Crippen LogP contribution in [0, 0.1) is 0 Å². The minimum atomic E-state index is -0.619. The number of carbonyl (C=O) groups excluding carboxylic acids is 1. The number of allylic oxidation sites excluding steroid dienone is 1. The Kier molecular flexibility index (Phi) is 7.16. The molecule has 1 aromatic carbocycles. The highest BCUT2D eigenvalue weighted by molar-refractivity contribution is 6.01. The topological polar surface area (TPSA) is 89.1 Å². The number of benzene rings is 1. The number of aliphatic imine (C=N–C) groups is 2. The van der Waals surface area contributed by atoms with Crippen molar-refractivity contribution in [2.24, 2.45) is 15.7 Å². The van der Waals surface area contributed by atoms with Crippen LogP contribution in [0.5, 0.6) is 0 Å². The number of nitrogens with one attached hydrogen (secondary N) is 1. The maximum absolute atomic E-state index is 12.5. The second-order valence-electron chi connectivity index (χ2n) is 6.99. The number of nitrogens with two attached hydrogens (primary N) is 1. The van der Waals surface area contributed by atoms with Gasteiger partial charge in [0.25, 0.3) is 6.02 Å². The number of amidine groups is 1. The van der Waals surface area contributed by atoms with Crippen LogP contribution in [0.1, 0.15) is 52.0 Å². The average Bonchev–Trinajstić information content (AvgIpc) is 2.64. The van der Waals surface area contributed by atoms with Crippen LogP contribution < -0.4 is 11.1 Å². The summed E-state index contributed by atoms with van der Waals surface area (Å²) in [5, 5.41) is 3.21. The number of aryl methyl sites for hydroxylation is 1. The molecule has 27 heavy (non-hydrogen) atoms. The van der Waals surface area contributed by atoms with Gasteiger partial charge in [0.15, 0.2) is 5.78 Å². The van der Waals surface area contributed by atoms with Crippen LogP contribution in [-0.2, 0) is 16.0 Å². The lowest BCUT2D eigenvalue weighted by atomic mass is 9.81. The highest BCUT2D eigenvalue weighted by Crippen LogP contribution is 2.34. The van der Waals surface area contributed by atoms with Gasteiger partial charge in [0, 0.05) is 11.3 Å². The molecule has 1 aromatic rings. The molecule has 0 saturated carbocycles. The molecule has 0 spiro atoms. The maximum atomic E-state index is 12.5. The number of carbonyl (C=O) groups is 1. The zero-order valence-electron chi connectivity index (χ0n) is 16.7. The van der Waals surface area contributed by atoms with E-state index < -0.39 is 5.54 Å². The molecule has 146 valence electrons. The van der Waals surface area contributed by atoms with Crippen molar-refractivity contribution >= 4 is 17.8 Å². The minimum absolute atomic E-state index is 0.0350. The van der Waals surface area contributed by atoms with Crippen LogP contribution in [0.4, 0.5) is 0 Å². The molecule has 6 nitrogen and oxygen atoms in total. The Morgan fingerprint density at radius 1 is 1.30 bits per heavy atom. The molecule has 0 saturated heterocycles. The summed E-state index contributed by atoms with van der Waals surface area (Å²) in [6.45, 7) is 5.74. The van der Waals surface area contributed by atoms with E-state index in [9.17, 15) is 4.79 Å². The fourth-order valence-corrected chi connectivity index (χ4v) is 3.44. The van der Waals surface area contributed by atoms with E-state index in [1.807, 2.05) is 25.1 Å². The first-order valence-electron chi connectivity index (χ1n) is 9.43. The highest BCUT2D eigenvalue weighted by Gasteiger charge is 2.37. The van der Waals surface area contributed by atoms with Gasteiger partial charge in [-0.25, -0.2) is 4.99 Å². The Bertz CT molecular complexity index is 753. The summed E-state index contributed by atoms with van der Waals surface area (Å²) in [5.41, 5.74) is 7.92. The minimum Gasteiger partial charge on any atom is -0.468 e. The Balaban J connectivity index is 2.39. The highest BCUT2D eigenvalue weighted by atomic mass is 16.5. The Hall–Kier alpha value is -2.63. The van der Waals surface area contributed by atoms with E-state index in [0.717, 1.165) is 37.0 Å². The van der Waals surface area contributed by atoms with Gasteiger partial charge in [-0.15, -0.1) is 0 Å².